The van der Waals surface area contributed by atoms with Gasteiger partial charge in [0, 0.05) is 20.0 Å². The van der Waals surface area contributed by atoms with Crippen LogP contribution in [0.2, 0.25) is 0 Å². The molecule has 0 aromatic heterocycles. The quantitative estimate of drug-likeness (QED) is 0.0220. The van der Waals surface area contributed by atoms with Gasteiger partial charge in [0.05, 0.1) is 52.5 Å². The van der Waals surface area contributed by atoms with E-state index in [-0.39, 0.29) is 0 Å². The van der Waals surface area contributed by atoms with Crippen LogP contribution in [0.15, 0.2) is 0 Å². The van der Waals surface area contributed by atoms with E-state index in [0.717, 1.165) is 13.8 Å². The molecule has 44 heteroatoms. The molecule has 0 aromatic carbocycles. The second-order valence-corrected chi connectivity index (χ2v) is 22.1. The zero-order chi connectivity index (χ0) is 66.3. The van der Waals surface area contributed by atoms with Crippen LogP contribution in [0.4, 0.5) is 0 Å². The smallest absolute Gasteiger partial charge is 0.394 e. The van der Waals surface area contributed by atoms with E-state index in [1.807, 2.05) is 0 Å². The molecule has 24 atom stereocenters. The molecule has 0 radical (unpaired) electrons. The molecule has 0 aromatic rings. The van der Waals surface area contributed by atoms with Gasteiger partial charge in [0.1, 0.15) is 122 Å². The van der Waals surface area contributed by atoms with Crippen molar-refractivity contribution in [3.63, 3.8) is 0 Å². The highest BCUT2D eigenvalue weighted by molar-refractivity contribution is 7.81. The molecular formula is C44H75N7O35S2. The summed E-state index contributed by atoms with van der Waals surface area (Å²) in [5, 5.41) is 138. The van der Waals surface area contributed by atoms with E-state index >= 15 is 0 Å². The van der Waals surface area contributed by atoms with Crippen LogP contribution in [0, 0.1) is 0 Å². The van der Waals surface area contributed by atoms with E-state index in [0.29, 0.717) is 0 Å². The van der Waals surface area contributed by atoms with Crippen molar-refractivity contribution in [1.29, 1.82) is 0 Å². The first-order valence-electron chi connectivity index (χ1n) is 26.4. The van der Waals surface area contributed by atoms with E-state index in [1.165, 1.54) is 6.92 Å². The highest BCUT2D eigenvalue weighted by atomic mass is 32.3. The van der Waals surface area contributed by atoms with Crippen LogP contribution in [0.5, 0.6) is 0 Å². The summed E-state index contributed by atoms with van der Waals surface area (Å²) in [7, 11) is -10.6. The lowest BCUT2D eigenvalue weighted by Crippen LogP contribution is -2.65. The zero-order valence-corrected chi connectivity index (χ0v) is 48.3. The van der Waals surface area contributed by atoms with Crippen LogP contribution in [0.25, 0.3) is 0 Å². The molecule has 4 heterocycles. The van der Waals surface area contributed by atoms with E-state index < -0.39 is 275 Å². The summed E-state index contributed by atoms with van der Waals surface area (Å²) in [6, 6.07) is -6.45. The Labute approximate surface area is 499 Å². The second-order valence-electron chi connectivity index (χ2n) is 20.0. The van der Waals surface area contributed by atoms with Crippen LogP contribution in [-0.4, -0.2) is 328 Å². The number of nitrogens with two attached hydrogens (primary N) is 1. The number of amides is 7. The van der Waals surface area contributed by atoms with E-state index in [1.54, 1.807) is 0 Å². The van der Waals surface area contributed by atoms with Crippen molar-refractivity contribution in [2.24, 2.45) is 5.73 Å². The van der Waals surface area contributed by atoms with Crippen LogP contribution >= 0.6 is 0 Å². The van der Waals surface area contributed by atoms with Crippen molar-refractivity contribution < 1.29 is 167 Å². The van der Waals surface area contributed by atoms with Gasteiger partial charge in [0.25, 0.3) is 0 Å². The Morgan fingerprint density at radius 2 is 0.818 bits per heavy atom. The molecule has 4 rings (SSSR count). The molecule has 4 saturated heterocycles. The number of aliphatic hydroxyl groups excluding tert-OH is 12. The zero-order valence-electron chi connectivity index (χ0n) is 46.7. The van der Waals surface area contributed by atoms with E-state index in [9.17, 15) is 112 Å². The van der Waals surface area contributed by atoms with Crippen molar-refractivity contribution in [3.8, 4) is 0 Å². The van der Waals surface area contributed by atoms with E-state index in [4.69, 9.17) is 52.7 Å². The SMILES string of the molecule is CC(=O)N[C@@H](CC(=O)NCCO[C@@H]1O[C@H](CO)[C@@H](O[C@@H]2O[C@H](CO)[C@H](O)[C@H](OS(=O)(=O)O)[C@H]2O)[C@H](O)[C@H]1O)C(=O)N[C@@H](C)C(=O)N[C@@H](CC(=O)NCCO[C@@H]1O[C@H](CO)[C@@H](O[C@@H]2O[C@H](CO)[C@H](O)[C@H](OS(=O)(=O)O)[C@H]2O)[C@H](O)[C@H]1O)C(=O)N[C@@H](C)C(N)=O. The summed E-state index contributed by atoms with van der Waals surface area (Å²) in [5.41, 5.74) is 5.25. The Kier molecular flexibility index (Phi) is 29.3. The summed E-state index contributed by atoms with van der Waals surface area (Å²) in [6.07, 6.45) is -40.6. The van der Waals surface area contributed by atoms with Crippen molar-refractivity contribution in [3.05, 3.63) is 0 Å². The predicted molar refractivity (Wildman–Crippen MR) is 275 cm³/mol. The molecule has 0 aliphatic carbocycles. The first-order chi connectivity index (χ1) is 41.1. The van der Waals surface area contributed by atoms with Crippen LogP contribution in [-0.2, 0) is 101 Å². The summed E-state index contributed by atoms with van der Waals surface area (Å²) in [6.45, 7) is -2.64. The minimum absolute atomic E-state index is 0.416. The van der Waals surface area contributed by atoms with Crippen LogP contribution in [0.1, 0.15) is 33.6 Å². The molecule has 508 valence electrons. The van der Waals surface area contributed by atoms with Gasteiger partial charge in [-0.15, -0.1) is 0 Å². The fourth-order valence-corrected chi connectivity index (χ4v) is 9.85. The van der Waals surface area contributed by atoms with Crippen molar-refractivity contribution in [1.82, 2.24) is 31.9 Å². The number of primary amides is 1. The Hall–Kier alpha value is -4.77. The largest absolute Gasteiger partial charge is 0.397 e. The number of nitrogens with one attached hydrogen (secondary N) is 6. The maximum Gasteiger partial charge on any atom is 0.397 e. The molecule has 4 fully saturated rings. The minimum Gasteiger partial charge on any atom is -0.394 e. The maximum absolute atomic E-state index is 13.4. The number of ether oxygens (including phenoxy) is 8. The molecule has 88 heavy (non-hydrogen) atoms. The maximum atomic E-state index is 13.4. The number of carbonyl (C=O) groups is 7. The Bertz CT molecular complexity index is 2560. The number of aliphatic hydroxyl groups is 12. The van der Waals surface area contributed by atoms with Gasteiger partial charge in [0.2, 0.25) is 41.4 Å². The van der Waals surface area contributed by atoms with Gasteiger partial charge in [-0.2, -0.15) is 16.8 Å². The predicted octanol–water partition coefficient (Wildman–Crippen LogP) is -14.6. The lowest BCUT2D eigenvalue weighted by Gasteiger charge is -2.46. The third-order valence-corrected chi connectivity index (χ3v) is 14.3. The molecule has 4 aliphatic rings. The molecular weight excluding hydrogens is 1250 g/mol. The summed E-state index contributed by atoms with van der Waals surface area (Å²) in [4.78, 5) is 90.1. The summed E-state index contributed by atoms with van der Waals surface area (Å²) >= 11 is 0. The first kappa shape index (κ1) is 75.7. The molecule has 0 spiro atoms. The number of carbonyl (C=O) groups excluding carboxylic acids is 7. The molecule has 0 unspecified atom stereocenters. The van der Waals surface area contributed by atoms with Crippen LogP contribution in [0.3, 0.4) is 0 Å². The van der Waals surface area contributed by atoms with Gasteiger partial charge >= 0.3 is 20.8 Å². The van der Waals surface area contributed by atoms with E-state index in [2.05, 4.69) is 40.3 Å². The Morgan fingerprint density at radius 1 is 0.466 bits per heavy atom. The fraction of sp³-hybridized carbons (Fsp3) is 0.841. The third-order valence-electron chi connectivity index (χ3n) is 13.4. The fourth-order valence-electron chi connectivity index (χ4n) is 8.84. The molecule has 7 amide bonds. The average molecular weight is 1330 g/mol. The van der Waals surface area contributed by atoms with Gasteiger partial charge in [-0.05, 0) is 13.8 Å². The van der Waals surface area contributed by atoms with Gasteiger partial charge in [-0.1, -0.05) is 0 Å². The van der Waals surface area contributed by atoms with Gasteiger partial charge in [-0.25, -0.2) is 8.37 Å². The molecule has 0 bridgehead atoms. The Balaban J connectivity index is 1.29. The van der Waals surface area contributed by atoms with Crippen LogP contribution < -0.4 is 37.6 Å². The molecule has 4 aliphatic heterocycles. The third kappa shape index (κ3) is 21.7. The van der Waals surface area contributed by atoms with Crippen molar-refractivity contribution in [2.75, 3.05) is 52.7 Å². The standard InChI is InChI=1S/C44H75N7O35S2/c1-14(37(45)67)48-40(70)18(9-24(58)47-5-7-78-42-30(64)28(62)34(22(13-55)82-42)84-44-32(66)36(86-88(74,75)76)26(60)20(11-53)80-44)51-38(68)15(2)49-39(69)17(50-16(3)56)8-23(57)46-4-6-77-41-29(63)27(61)33(21(12-54)81-41)83-43-31(65)35(85-87(71,72)73)25(59)19(10-52)79-43/h14-15,17-22,25-36,41-44,52-55,59-66H,4-13H2,1-3H3,(H2,45,67)(H,46,57)(H,47,58)(H,48,70)(H,49,69)(H,50,56)(H,51,68)(H,71,72,73)(H,74,75,76)/t14-,15-,17-,18-,19+,20+,21+,22+,25-,26-,27+,28+,29+,30+,31+,32+,33+,34+,35-,36-,41+,42+,43-,44-/m0/s1. The molecule has 42 nitrogen and oxygen atoms in total. The summed E-state index contributed by atoms with van der Waals surface area (Å²) < 4.78 is 115. The first-order valence-corrected chi connectivity index (χ1v) is 29.2. The van der Waals surface area contributed by atoms with Gasteiger partial charge in [0.15, 0.2) is 25.2 Å². The molecule has 22 N–H and O–H groups in total. The average Bonchev–Trinajstić information content (AvgIpc) is 2.73. The highest BCUT2D eigenvalue weighted by Crippen LogP contribution is 2.33. The number of hydrogen-bond acceptors (Lipinski definition) is 33. The Morgan fingerprint density at radius 3 is 1.16 bits per heavy atom. The second kappa shape index (κ2) is 34.1. The lowest BCUT2D eigenvalue weighted by atomic mass is 9.97. The van der Waals surface area contributed by atoms with Crippen molar-refractivity contribution >= 4 is 62.1 Å². The van der Waals surface area contributed by atoms with Gasteiger partial charge in [-0.3, -0.25) is 42.7 Å². The number of hydrogen-bond donors (Lipinski definition) is 21. The van der Waals surface area contributed by atoms with Crippen molar-refractivity contribution in [2.45, 2.75) is 181 Å². The lowest BCUT2D eigenvalue weighted by molar-refractivity contribution is -0.357. The molecule has 0 saturated carbocycles. The monoisotopic (exact) mass is 1330 g/mol. The normalized spacial score (nSPS) is 34.2. The topological polar surface area (TPSA) is 661 Å². The summed E-state index contributed by atoms with van der Waals surface area (Å²) in [5.74, 6) is -7.19. The minimum atomic E-state index is -5.32. The highest BCUT2D eigenvalue weighted by Gasteiger charge is 2.54. The van der Waals surface area contributed by atoms with Gasteiger partial charge < -0.3 is 137 Å². The number of rotatable bonds is 32.